The largest absolute Gasteiger partial charge is 0.469 e. The Hall–Kier alpha value is -1.83. The molecule has 0 spiro atoms. The predicted molar refractivity (Wildman–Crippen MR) is 72.0 cm³/mol. The summed E-state index contributed by atoms with van der Waals surface area (Å²) in [5.41, 5.74) is 2.64. The summed E-state index contributed by atoms with van der Waals surface area (Å²) in [7, 11) is 1.52. The van der Waals surface area contributed by atoms with E-state index in [1.54, 1.807) is 0 Å². The molecular weight excluding hydrogens is 236 g/mol. The van der Waals surface area contributed by atoms with E-state index in [9.17, 15) is 4.79 Å². The molecule has 2 saturated carbocycles. The van der Waals surface area contributed by atoms with E-state index in [-0.39, 0.29) is 11.4 Å². The first-order valence-electron chi connectivity index (χ1n) is 6.89. The third-order valence-electron chi connectivity index (χ3n) is 5.64. The monoisotopic (exact) mass is 250 g/mol. The Bertz CT molecular complexity index is 743. The van der Waals surface area contributed by atoms with Crippen molar-refractivity contribution >= 4 is 16.7 Å². The summed E-state index contributed by atoms with van der Waals surface area (Å²) in [6, 6.07) is 13.0. The molecule has 2 aromatic carbocycles. The van der Waals surface area contributed by atoms with Gasteiger partial charge in [-0.2, -0.15) is 0 Å². The Labute approximate surface area is 111 Å². The van der Waals surface area contributed by atoms with Crippen molar-refractivity contribution in [3.63, 3.8) is 0 Å². The summed E-state index contributed by atoms with van der Waals surface area (Å²) in [4.78, 5) is 12.1. The van der Waals surface area contributed by atoms with E-state index in [0.29, 0.717) is 17.8 Å². The molecule has 3 aliphatic rings. The number of methoxy groups -OCH3 is 1. The first kappa shape index (κ1) is 10.0. The summed E-state index contributed by atoms with van der Waals surface area (Å²) in [5, 5.41) is 2.71. The molecule has 2 aromatic rings. The van der Waals surface area contributed by atoms with Gasteiger partial charge in [-0.1, -0.05) is 36.4 Å². The second kappa shape index (κ2) is 2.84. The fourth-order valence-corrected chi connectivity index (χ4v) is 4.90. The van der Waals surface area contributed by atoms with Gasteiger partial charge < -0.3 is 4.74 Å². The van der Waals surface area contributed by atoms with Gasteiger partial charge in [0.05, 0.1) is 12.5 Å². The van der Waals surface area contributed by atoms with Crippen LogP contribution < -0.4 is 0 Å². The highest BCUT2D eigenvalue weighted by Crippen LogP contribution is 2.83. The van der Waals surface area contributed by atoms with Crippen LogP contribution in [0.3, 0.4) is 0 Å². The van der Waals surface area contributed by atoms with Gasteiger partial charge >= 0.3 is 5.97 Å². The molecule has 0 N–H and O–H groups in total. The molecule has 19 heavy (non-hydrogen) atoms. The minimum absolute atomic E-state index is 0.00330. The van der Waals surface area contributed by atoms with Crippen LogP contribution in [0.25, 0.3) is 10.8 Å². The molecule has 3 aliphatic carbocycles. The molecule has 0 aliphatic heterocycles. The number of esters is 1. The first-order chi connectivity index (χ1) is 9.29. The van der Waals surface area contributed by atoms with Crippen LogP contribution in [-0.4, -0.2) is 13.1 Å². The van der Waals surface area contributed by atoms with Gasteiger partial charge in [0.1, 0.15) is 0 Å². The molecule has 2 heteroatoms. The Morgan fingerprint density at radius 1 is 1.21 bits per heavy atom. The van der Waals surface area contributed by atoms with E-state index < -0.39 is 0 Å². The smallest absolute Gasteiger partial charge is 0.312 e. The molecule has 0 saturated heterocycles. The molecule has 0 heterocycles. The lowest BCUT2D eigenvalue weighted by Gasteiger charge is -2.39. The Balaban J connectivity index is 1.77. The van der Waals surface area contributed by atoms with Crippen LogP contribution in [0.5, 0.6) is 0 Å². The normalized spacial score (nSPS) is 36.4. The minimum atomic E-state index is -0.188. The topological polar surface area (TPSA) is 26.3 Å². The zero-order valence-corrected chi connectivity index (χ0v) is 10.7. The second-order valence-electron chi connectivity index (χ2n) is 6.14. The molecule has 4 atom stereocenters. The lowest BCUT2D eigenvalue weighted by molar-refractivity contribution is -0.152. The van der Waals surface area contributed by atoms with E-state index >= 15 is 0 Å². The number of carbonyl (C=O) groups is 1. The van der Waals surface area contributed by atoms with Crippen LogP contribution in [0.4, 0.5) is 0 Å². The van der Waals surface area contributed by atoms with Gasteiger partial charge in [0, 0.05) is 5.92 Å². The maximum atomic E-state index is 12.1. The van der Waals surface area contributed by atoms with Crippen LogP contribution >= 0.6 is 0 Å². The van der Waals surface area contributed by atoms with Gasteiger partial charge in [-0.15, -0.1) is 0 Å². The zero-order chi connectivity index (χ0) is 12.8. The fourth-order valence-electron chi connectivity index (χ4n) is 4.90. The molecule has 2 unspecified atom stereocenters. The molecule has 2 nitrogen and oxygen atoms in total. The van der Waals surface area contributed by atoms with Crippen molar-refractivity contribution < 1.29 is 9.53 Å². The van der Waals surface area contributed by atoms with Crippen LogP contribution in [0.1, 0.15) is 29.4 Å². The van der Waals surface area contributed by atoms with E-state index in [4.69, 9.17) is 4.74 Å². The van der Waals surface area contributed by atoms with Gasteiger partial charge in [-0.25, -0.2) is 0 Å². The van der Waals surface area contributed by atoms with Crippen molar-refractivity contribution in [3.05, 3.63) is 47.5 Å². The maximum absolute atomic E-state index is 12.1. The zero-order valence-electron chi connectivity index (χ0n) is 10.7. The fraction of sp³-hybridized carbons (Fsp3) is 0.353. The third-order valence-corrected chi connectivity index (χ3v) is 5.64. The van der Waals surface area contributed by atoms with Crippen LogP contribution in [-0.2, 0) is 9.53 Å². The highest BCUT2D eigenvalue weighted by atomic mass is 16.5. The Kier molecular flexibility index (Phi) is 1.50. The standard InChI is InChI=1S/C17H14O2/c1-19-16(18)17-8-12(17)14-10-6-2-4-9-5-3-7-11(13(9)10)15(14)17/h2-7,12,14-15H,8H2,1H3/t12-,14?,15?,17+/m0/s1. The number of fused-ring (bicyclic) bond motifs is 6. The van der Waals surface area contributed by atoms with E-state index in [1.165, 1.54) is 29.0 Å². The van der Waals surface area contributed by atoms with Gasteiger partial charge in [0.25, 0.3) is 0 Å². The van der Waals surface area contributed by atoms with Crippen molar-refractivity contribution in [1.29, 1.82) is 0 Å². The van der Waals surface area contributed by atoms with Gasteiger partial charge in [0.2, 0.25) is 0 Å². The van der Waals surface area contributed by atoms with Crippen molar-refractivity contribution in [1.82, 2.24) is 0 Å². The molecule has 2 fully saturated rings. The van der Waals surface area contributed by atoms with Crippen molar-refractivity contribution in [2.24, 2.45) is 11.3 Å². The van der Waals surface area contributed by atoms with Gasteiger partial charge in [0.15, 0.2) is 0 Å². The van der Waals surface area contributed by atoms with Gasteiger partial charge in [-0.05, 0) is 40.2 Å². The van der Waals surface area contributed by atoms with E-state index in [0.717, 1.165) is 6.42 Å². The maximum Gasteiger partial charge on any atom is 0.312 e. The summed E-state index contributed by atoms with van der Waals surface area (Å²) < 4.78 is 5.06. The molecule has 0 radical (unpaired) electrons. The molecule has 0 amide bonds. The average molecular weight is 250 g/mol. The number of rotatable bonds is 1. The molecule has 94 valence electrons. The Morgan fingerprint density at radius 2 is 1.95 bits per heavy atom. The predicted octanol–water partition coefficient (Wildman–Crippen LogP) is 3.21. The SMILES string of the molecule is COC(=O)[C@]12C[C@H]1C1c3cccc4cccc(c34)C12. The first-order valence-corrected chi connectivity index (χ1v) is 6.89. The van der Waals surface area contributed by atoms with Crippen LogP contribution in [0, 0.1) is 11.3 Å². The summed E-state index contributed by atoms with van der Waals surface area (Å²) in [6.45, 7) is 0. The number of benzene rings is 2. The number of hydrogen-bond acceptors (Lipinski definition) is 2. The number of carbonyl (C=O) groups excluding carboxylic acids is 1. The van der Waals surface area contributed by atoms with Crippen LogP contribution in [0.15, 0.2) is 36.4 Å². The lowest BCUT2D eigenvalue weighted by Crippen LogP contribution is -2.39. The van der Waals surface area contributed by atoms with E-state index in [2.05, 4.69) is 36.4 Å². The third kappa shape index (κ3) is 0.868. The number of hydrogen-bond donors (Lipinski definition) is 0. The van der Waals surface area contributed by atoms with Crippen molar-refractivity contribution in [3.8, 4) is 0 Å². The quantitative estimate of drug-likeness (QED) is 0.726. The highest BCUT2D eigenvalue weighted by Gasteiger charge is 2.80. The number of ether oxygens (including phenoxy) is 1. The van der Waals surface area contributed by atoms with Crippen molar-refractivity contribution in [2.45, 2.75) is 18.3 Å². The minimum Gasteiger partial charge on any atom is -0.469 e. The second-order valence-corrected chi connectivity index (χ2v) is 6.14. The van der Waals surface area contributed by atoms with Crippen LogP contribution in [0.2, 0.25) is 0 Å². The molecule has 0 bridgehead atoms. The highest BCUT2D eigenvalue weighted by molar-refractivity contribution is 5.97. The lowest BCUT2D eigenvalue weighted by atomic mass is 9.63. The summed E-state index contributed by atoms with van der Waals surface area (Å²) >= 11 is 0. The summed E-state index contributed by atoms with van der Waals surface area (Å²) in [5.74, 6) is 1.44. The van der Waals surface area contributed by atoms with Crippen molar-refractivity contribution in [2.75, 3.05) is 7.11 Å². The summed E-state index contributed by atoms with van der Waals surface area (Å²) in [6.07, 6.45) is 1.01. The molecule has 0 aromatic heterocycles. The molecule has 5 rings (SSSR count). The Morgan fingerprint density at radius 3 is 2.68 bits per heavy atom. The van der Waals surface area contributed by atoms with Gasteiger partial charge in [-0.3, -0.25) is 4.79 Å². The van der Waals surface area contributed by atoms with E-state index in [1.807, 2.05) is 0 Å². The average Bonchev–Trinajstić information content (AvgIpc) is 2.97. The molecular formula is C17H14O2.